The average molecular weight is 181 g/mol. The minimum atomic E-state index is 1.15. The highest BCUT2D eigenvalue weighted by molar-refractivity contribution is 7.99. The lowest BCUT2D eigenvalue weighted by molar-refractivity contribution is 0.778. The van der Waals surface area contributed by atoms with Crippen LogP contribution in [0.5, 0.6) is 0 Å². The topological polar surface area (TPSA) is 12.9 Å². The Morgan fingerprint density at radius 2 is 2.25 bits per heavy atom. The first-order valence-corrected chi connectivity index (χ1v) is 5.46. The Balaban J connectivity index is 2.16. The average Bonchev–Trinajstić information content (AvgIpc) is 2.14. The van der Waals surface area contributed by atoms with Gasteiger partial charge in [0.15, 0.2) is 0 Å². The van der Waals surface area contributed by atoms with Gasteiger partial charge in [-0.25, -0.2) is 4.98 Å². The zero-order valence-corrected chi connectivity index (χ0v) is 8.31. The summed E-state index contributed by atoms with van der Waals surface area (Å²) in [6.45, 7) is 2.23. The van der Waals surface area contributed by atoms with Crippen LogP contribution in [-0.2, 0) is 0 Å². The zero-order chi connectivity index (χ0) is 8.65. The molecule has 1 nitrogen and oxygen atoms in total. The summed E-state index contributed by atoms with van der Waals surface area (Å²) in [6, 6.07) is 6.06. The molecule has 66 valence electrons. The van der Waals surface area contributed by atoms with Crippen molar-refractivity contribution in [2.45, 2.75) is 31.2 Å². The van der Waals surface area contributed by atoms with Crippen LogP contribution < -0.4 is 0 Å². The van der Waals surface area contributed by atoms with Crippen LogP contribution in [0.2, 0.25) is 0 Å². The number of thioether (sulfide) groups is 1. The van der Waals surface area contributed by atoms with Gasteiger partial charge in [-0.1, -0.05) is 25.8 Å². The van der Waals surface area contributed by atoms with Crippen molar-refractivity contribution in [3.63, 3.8) is 0 Å². The molecule has 2 heteroatoms. The molecule has 0 atom stereocenters. The number of aromatic nitrogens is 1. The maximum absolute atomic E-state index is 4.24. The largest absolute Gasteiger partial charge is 0.250 e. The van der Waals surface area contributed by atoms with Gasteiger partial charge in [0.2, 0.25) is 0 Å². The molecule has 0 radical (unpaired) electrons. The first-order chi connectivity index (χ1) is 5.93. The molecule has 1 aromatic heterocycles. The van der Waals surface area contributed by atoms with E-state index in [1.807, 2.05) is 30.1 Å². The molecule has 1 rings (SSSR count). The molecular weight excluding hydrogens is 166 g/mol. The highest BCUT2D eigenvalue weighted by Gasteiger charge is 1.92. The van der Waals surface area contributed by atoms with Crippen LogP contribution in [0.3, 0.4) is 0 Å². The number of hydrogen-bond acceptors (Lipinski definition) is 2. The van der Waals surface area contributed by atoms with Crippen molar-refractivity contribution in [3.05, 3.63) is 24.4 Å². The van der Waals surface area contributed by atoms with Crippen molar-refractivity contribution in [2.24, 2.45) is 0 Å². The Hall–Kier alpha value is -0.500. The van der Waals surface area contributed by atoms with Crippen LogP contribution in [-0.4, -0.2) is 10.7 Å². The molecule has 0 saturated carbocycles. The predicted octanol–water partition coefficient (Wildman–Crippen LogP) is 3.36. The molecule has 0 unspecified atom stereocenters. The summed E-state index contributed by atoms with van der Waals surface area (Å²) in [7, 11) is 0. The van der Waals surface area contributed by atoms with Crippen molar-refractivity contribution in [1.29, 1.82) is 0 Å². The Labute approximate surface area is 78.6 Å². The van der Waals surface area contributed by atoms with Gasteiger partial charge in [0.1, 0.15) is 0 Å². The number of rotatable bonds is 5. The van der Waals surface area contributed by atoms with Crippen molar-refractivity contribution in [3.8, 4) is 0 Å². The molecule has 0 spiro atoms. The molecule has 1 aromatic rings. The molecule has 0 aliphatic rings. The fourth-order valence-corrected chi connectivity index (χ4v) is 1.83. The molecule has 12 heavy (non-hydrogen) atoms. The second-order valence-corrected chi connectivity index (χ2v) is 3.84. The van der Waals surface area contributed by atoms with E-state index in [2.05, 4.69) is 18.0 Å². The van der Waals surface area contributed by atoms with E-state index in [9.17, 15) is 0 Å². The SMILES string of the molecule is CCCCCSc1ccccn1. The summed E-state index contributed by atoms with van der Waals surface area (Å²) in [5, 5.41) is 1.15. The molecule has 0 aromatic carbocycles. The summed E-state index contributed by atoms with van der Waals surface area (Å²) >= 11 is 1.85. The lowest BCUT2D eigenvalue weighted by Crippen LogP contribution is -1.81. The second-order valence-electron chi connectivity index (χ2n) is 2.72. The fourth-order valence-electron chi connectivity index (χ4n) is 0.961. The van der Waals surface area contributed by atoms with Gasteiger partial charge in [-0.2, -0.15) is 0 Å². The minimum absolute atomic E-state index is 1.15. The van der Waals surface area contributed by atoms with Crippen LogP contribution in [0, 0.1) is 0 Å². The normalized spacial score (nSPS) is 10.1. The summed E-state index contributed by atoms with van der Waals surface area (Å²) in [6.07, 6.45) is 5.78. The van der Waals surface area contributed by atoms with Crippen LogP contribution >= 0.6 is 11.8 Å². The van der Waals surface area contributed by atoms with Gasteiger partial charge in [0.05, 0.1) is 5.03 Å². The predicted molar refractivity (Wildman–Crippen MR) is 54.5 cm³/mol. The van der Waals surface area contributed by atoms with Crippen LogP contribution in [0.4, 0.5) is 0 Å². The molecule has 0 saturated heterocycles. The van der Waals surface area contributed by atoms with E-state index < -0.39 is 0 Å². The number of unbranched alkanes of at least 4 members (excludes halogenated alkanes) is 2. The van der Waals surface area contributed by atoms with Gasteiger partial charge in [0, 0.05) is 6.20 Å². The minimum Gasteiger partial charge on any atom is -0.250 e. The van der Waals surface area contributed by atoms with E-state index in [1.54, 1.807) is 0 Å². The lowest BCUT2D eigenvalue weighted by atomic mass is 10.3. The fraction of sp³-hybridized carbons (Fsp3) is 0.500. The molecule has 0 fully saturated rings. The Kier molecular flexibility index (Phi) is 4.85. The third-order valence-electron chi connectivity index (χ3n) is 1.64. The van der Waals surface area contributed by atoms with E-state index in [0.717, 1.165) is 5.03 Å². The van der Waals surface area contributed by atoms with Crippen LogP contribution in [0.25, 0.3) is 0 Å². The first kappa shape index (κ1) is 9.59. The molecule has 0 N–H and O–H groups in total. The van der Waals surface area contributed by atoms with Gasteiger partial charge in [0.25, 0.3) is 0 Å². The highest BCUT2D eigenvalue weighted by Crippen LogP contribution is 2.15. The van der Waals surface area contributed by atoms with E-state index in [1.165, 1.54) is 25.0 Å². The summed E-state index contributed by atoms with van der Waals surface area (Å²) in [4.78, 5) is 4.24. The molecular formula is C10H15NS. The third kappa shape index (κ3) is 3.77. The molecule has 0 amide bonds. The van der Waals surface area contributed by atoms with E-state index in [4.69, 9.17) is 0 Å². The standard InChI is InChI=1S/C10H15NS/c1-2-3-6-9-12-10-7-4-5-8-11-10/h4-5,7-8H,2-3,6,9H2,1H3. The first-order valence-electron chi connectivity index (χ1n) is 4.47. The maximum atomic E-state index is 4.24. The zero-order valence-electron chi connectivity index (χ0n) is 7.49. The van der Waals surface area contributed by atoms with Crippen LogP contribution in [0.1, 0.15) is 26.2 Å². The lowest BCUT2D eigenvalue weighted by Gasteiger charge is -1.98. The van der Waals surface area contributed by atoms with E-state index in [-0.39, 0.29) is 0 Å². The van der Waals surface area contributed by atoms with Gasteiger partial charge >= 0.3 is 0 Å². The van der Waals surface area contributed by atoms with Crippen molar-refractivity contribution < 1.29 is 0 Å². The molecule has 1 heterocycles. The third-order valence-corrected chi connectivity index (χ3v) is 2.67. The molecule has 0 aliphatic carbocycles. The number of pyridine rings is 1. The molecule has 0 bridgehead atoms. The highest BCUT2D eigenvalue weighted by atomic mass is 32.2. The van der Waals surface area contributed by atoms with Crippen LogP contribution in [0.15, 0.2) is 29.4 Å². The van der Waals surface area contributed by atoms with Crippen molar-refractivity contribution >= 4 is 11.8 Å². The van der Waals surface area contributed by atoms with Crippen molar-refractivity contribution in [1.82, 2.24) is 4.98 Å². The van der Waals surface area contributed by atoms with Crippen molar-refractivity contribution in [2.75, 3.05) is 5.75 Å². The van der Waals surface area contributed by atoms with E-state index in [0.29, 0.717) is 0 Å². The maximum Gasteiger partial charge on any atom is 0.0959 e. The van der Waals surface area contributed by atoms with Gasteiger partial charge in [-0.3, -0.25) is 0 Å². The van der Waals surface area contributed by atoms with E-state index >= 15 is 0 Å². The summed E-state index contributed by atoms with van der Waals surface area (Å²) in [5.41, 5.74) is 0. The Bertz CT molecular complexity index is 198. The van der Waals surface area contributed by atoms with Gasteiger partial charge in [-0.15, -0.1) is 11.8 Å². The Morgan fingerprint density at radius 1 is 1.33 bits per heavy atom. The van der Waals surface area contributed by atoms with Gasteiger partial charge in [-0.05, 0) is 24.3 Å². The number of nitrogens with zero attached hydrogens (tertiary/aromatic N) is 1. The summed E-state index contributed by atoms with van der Waals surface area (Å²) < 4.78 is 0. The number of hydrogen-bond donors (Lipinski definition) is 0. The summed E-state index contributed by atoms with van der Waals surface area (Å²) in [5.74, 6) is 1.20. The smallest absolute Gasteiger partial charge is 0.0959 e. The molecule has 0 aliphatic heterocycles. The Morgan fingerprint density at radius 3 is 2.92 bits per heavy atom. The van der Waals surface area contributed by atoms with Gasteiger partial charge < -0.3 is 0 Å². The quantitative estimate of drug-likeness (QED) is 0.510. The second kappa shape index (κ2) is 6.06. The monoisotopic (exact) mass is 181 g/mol.